The van der Waals surface area contributed by atoms with E-state index in [0.29, 0.717) is 0 Å². The second kappa shape index (κ2) is 4.73. The number of aldehydes is 1. The van der Waals surface area contributed by atoms with Crippen LogP contribution in [0.1, 0.15) is 21.5 Å². The van der Waals surface area contributed by atoms with Crippen molar-refractivity contribution in [1.82, 2.24) is 4.57 Å². The fourth-order valence-electron chi connectivity index (χ4n) is 2.44. The van der Waals surface area contributed by atoms with Crippen molar-refractivity contribution in [3.05, 3.63) is 71.4 Å². The Morgan fingerprint density at radius 2 is 1.89 bits per heavy atom. The van der Waals surface area contributed by atoms with Crippen molar-refractivity contribution in [3.8, 4) is 0 Å². The third kappa shape index (κ3) is 2.17. The molecule has 0 fully saturated rings. The molecule has 0 saturated carbocycles. The Balaban J connectivity index is 2.13. The van der Waals surface area contributed by atoms with Crippen molar-refractivity contribution in [2.45, 2.75) is 13.5 Å². The minimum Gasteiger partial charge on any atom is -0.342 e. The van der Waals surface area contributed by atoms with E-state index in [1.54, 1.807) is 0 Å². The number of rotatable bonds is 3. The van der Waals surface area contributed by atoms with Crippen LogP contribution in [0.25, 0.3) is 10.9 Å². The first kappa shape index (κ1) is 11.7. The largest absolute Gasteiger partial charge is 0.342 e. The summed E-state index contributed by atoms with van der Waals surface area (Å²) in [7, 11) is 0. The number of carbonyl (C=O) groups excluding carboxylic acids is 1. The maximum atomic E-state index is 11.2. The molecule has 1 heterocycles. The zero-order valence-corrected chi connectivity index (χ0v) is 10.8. The molecule has 2 aromatic carbocycles. The van der Waals surface area contributed by atoms with E-state index in [-0.39, 0.29) is 0 Å². The SMILES string of the molecule is Cc1ccc2c(C=O)cn(Cc3ccccc3)c2c1. The summed E-state index contributed by atoms with van der Waals surface area (Å²) in [4.78, 5) is 11.2. The summed E-state index contributed by atoms with van der Waals surface area (Å²) in [6.45, 7) is 2.86. The van der Waals surface area contributed by atoms with E-state index < -0.39 is 0 Å². The first-order valence-corrected chi connectivity index (χ1v) is 6.36. The van der Waals surface area contributed by atoms with Gasteiger partial charge in [-0.2, -0.15) is 0 Å². The van der Waals surface area contributed by atoms with Crippen molar-refractivity contribution >= 4 is 17.2 Å². The molecule has 0 radical (unpaired) electrons. The van der Waals surface area contributed by atoms with Gasteiger partial charge in [-0.05, 0) is 24.1 Å². The normalized spacial score (nSPS) is 10.8. The van der Waals surface area contributed by atoms with Crippen LogP contribution in [-0.4, -0.2) is 10.9 Å². The lowest BCUT2D eigenvalue weighted by atomic mass is 10.1. The van der Waals surface area contributed by atoms with Crippen LogP contribution in [0.5, 0.6) is 0 Å². The summed E-state index contributed by atoms with van der Waals surface area (Å²) in [5, 5.41) is 1.02. The Labute approximate surface area is 112 Å². The van der Waals surface area contributed by atoms with Gasteiger partial charge >= 0.3 is 0 Å². The van der Waals surface area contributed by atoms with E-state index in [0.717, 1.165) is 29.3 Å². The fourth-order valence-corrected chi connectivity index (χ4v) is 2.44. The molecular weight excluding hydrogens is 234 g/mol. The standard InChI is InChI=1S/C17H15NO/c1-13-7-8-16-15(12-19)11-18(17(16)9-13)10-14-5-3-2-4-6-14/h2-9,11-12H,10H2,1H3. The summed E-state index contributed by atoms with van der Waals surface area (Å²) in [6.07, 6.45) is 2.86. The minimum atomic E-state index is 0.755. The van der Waals surface area contributed by atoms with Gasteiger partial charge in [0.05, 0.1) is 0 Å². The Morgan fingerprint density at radius 3 is 2.63 bits per heavy atom. The van der Waals surface area contributed by atoms with E-state index in [1.165, 1.54) is 11.1 Å². The molecular formula is C17H15NO. The summed E-state index contributed by atoms with van der Waals surface area (Å²) in [6, 6.07) is 16.5. The number of hydrogen-bond acceptors (Lipinski definition) is 1. The maximum Gasteiger partial charge on any atom is 0.152 e. The van der Waals surface area contributed by atoms with Crippen molar-refractivity contribution < 1.29 is 4.79 Å². The minimum absolute atomic E-state index is 0.755. The second-order valence-corrected chi connectivity index (χ2v) is 4.84. The summed E-state index contributed by atoms with van der Waals surface area (Å²) >= 11 is 0. The zero-order valence-electron chi connectivity index (χ0n) is 10.8. The van der Waals surface area contributed by atoms with Crippen LogP contribution >= 0.6 is 0 Å². The zero-order chi connectivity index (χ0) is 13.2. The lowest BCUT2D eigenvalue weighted by molar-refractivity contribution is 0.112. The summed E-state index contributed by atoms with van der Waals surface area (Å²) in [5.74, 6) is 0. The number of benzene rings is 2. The Hall–Kier alpha value is -2.35. The highest BCUT2D eigenvalue weighted by Gasteiger charge is 2.08. The van der Waals surface area contributed by atoms with Gasteiger partial charge in [-0.1, -0.05) is 42.5 Å². The van der Waals surface area contributed by atoms with Crippen molar-refractivity contribution in [2.24, 2.45) is 0 Å². The Bertz CT molecular complexity index is 726. The average Bonchev–Trinajstić information content (AvgIpc) is 2.77. The number of aryl methyl sites for hydroxylation is 1. The lowest BCUT2D eigenvalue weighted by Crippen LogP contribution is -1.97. The van der Waals surface area contributed by atoms with Crippen LogP contribution in [-0.2, 0) is 6.54 Å². The van der Waals surface area contributed by atoms with Gasteiger partial charge in [-0.3, -0.25) is 4.79 Å². The molecule has 0 bridgehead atoms. The number of fused-ring (bicyclic) bond motifs is 1. The molecule has 2 nitrogen and oxygen atoms in total. The monoisotopic (exact) mass is 249 g/mol. The highest BCUT2D eigenvalue weighted by atomic mass is 16.1. The second-order valence-electron chi connectivity index (χ2n) is 4.84. The Kier molecular flexibility index (Phi) is 2.92. The van der Waals surface area contributed by atoms with Gasteiger partial charge in [0.15, 0.2) is 6.29 Å². The van der Waals surface area contributed by atoms with E-state index in [4.69, 9.17) is 0 Å². The molecule has 0 aliphatic carbocycles. The molecule has 0 N–H and O–H groups in total. The highest BCUT2D eigenvalue weighted by molar-refractivity contribution is 5.97. The first-order chi connectivity index (χ1) is 9.28. The number of hydrogen-bond donors (Lipinski definition) is 0. The van der Waals surface area contributed by atoms with Crippen LogP contribution in [0, 0.1) is 6.92 Å². The van der Waals surface area contributed by atoms with Crippen molar-refractivity contribution in [1.29, 1.82) is 0 Å². The van der Waals surface area contributed by atoms with Gasteiger partial charge in [0.2, 0.25) is 0 Å². The molecule has 0 amide bonds. The topological polar surface area (TPSA) is 22.0 Å². The molecule has 3 rings (SSSR count). The predicted molar refractivity (Wildman–Crippen MR) is 77.6 cm³/mol. The first-order valence-electron chi connectivity index (χ1n) is 6.36. The molecule has 94 valence electrons. The van der Waals surface area contributed by atoms with Gasteiger partial charge in [0.1, 0.15) is 0 Å². The van der Waals surface area contributed by atoms with E-state index in [9.17, 15) is 4.79 Å². The highest BCUT2D eigenvalue weighted by Crippen LogP contribution is 2.22. The number of nitrogens with zero attached hydrogens (tertiary/aromatic N) is 1. The molecule has 0 aliphatic heterocycles. The van der Waals surface area contributed by atoms with E-state index in [1.807, 2.05) is 36.5 Å². The molecule has 0 unspecified atom stereocenters. The smallest absolute Gasteiger partial charge is 0.152 e. The van der Waals surface area contributed by atoms with E-state index in [2.05, 4.69) is 29.7 Å². The quantitative estimate of drug-likeness (QED) is 0.647. The van der Waals surface area contributed by atoms with E-state index >= 15 is 0 Å². The van der Waals surface area contributed by atoms with Crippen LogP contribution < -0.4 is 0 Å². The number of aromatic nitrogens is 1. The maximum absolute atomic E-state index is 11.2. The van der Waals surface area contributed by atoms with Crippen LogP contribution in [0.3, 0.4) is 0 Å². The molecule has 1 aromatic heterocycles. The van der Waals surface area contributed by atoms with Gasteiger partial charge in [0.25, 0.3) is 0 Å². The van der Waals surface area contributed by atoms with Crippen LogP contribution in [0.2, 0.25) is 0 Å². The Morgan fingerprint density at radius 1 is 1.11 bits per heavy atom. The molecule has 2 heteroatoms. The molecule has 19 heavy (non-hydrogen) atoms. The van der Waals surface area contributed by atoms with Crippen molar-refractivity contribution in [3.63, 3.8) is 0 Å². The lowest BCUT2D eigenvalue weighted by Gasteiger charge is -2.06. The fraction of sp³-hybridized carbons (Fsp3) is 0.118. The molecule has 0 aliphatic rings. The number of carbonyl (C=O) groups is 1. The van der Waals surface area contributed by atoms with Gasteiger partial charge in [-0.25, -0.2) is 0 Å². The average molecular weight is 249 g/mol. The predicted octanol–water partition coefficient (Wildman–Crippen LogP) is 3.81. The molecule has 0 spiro atoms. The molecule has 0 saturated heterocycles. The van der Waals surface area contributed by atoms with Crippen molar-refractivity contribution in [2.75, 3.05) is 0 Å². The van der Waals surface area contributed by atoms with Crippen LogP contribution in [0.4, 0.5) is 0 Å². The summed E-state index contributed by atoms with van der Waals surface area (Å²) < 4.78 is 2.14. The van der Waals surface area contributed by atoms with Gasteiger partial charge < -0.3 is 4.57 Å². The molecule has 3 aromatic rings. The summed E-state index contributed by atoms with van der Waals surface area (Å²) in [5.41, 5.74) is 4.31. The van der Waals surface area contributed by atoms with Gasteiger partial charge in [-0.15, -0.1) is 0 Å². The third-order valence-corrected chi connectivity index (χ3v) is 3.39. The van der Waals surface area contributed by atoms with Gasteiger partial charge in [0, 0.05) is 29.2 Å². The third-order valence-electron chi connectivity index (χ3n) is 3.39. The van der Waals surface area contributed by atoms with Crippen LogP contribution in [0.15, 0.2) is 54.7 Å². The molecule has 0 atom stereocenters.